The Hall–Kier alpha value is -0.590. The molecule has 4 aliphatic carbocycles. The van der Waals surface area contributed by atoms with Crippen molar-refractivity contribution in [3.8, 4) is 0 Å². The monoisotopic (exact) mass is 286 g/mol. The van der Waals surface area contributed by atoms with Crippen LogP contribution >= 0.6 is 0 Å². The summed E-state index contributed by atoms with van der Waals surface area (Å²) in [4.78, 5) is 12.5. The molecule has 0 aliphatic heterocycles. The normalized spacial score (nSPS) is 54.2. The summed E-state index contributed by atoms with van der Waals surface area (Å²) in [7, 11) is 0. The fraction of sp³-hybridized carbons (Fsp3) is 0.850. The Kier molecular flexibility index (Phi) is 2.56. The van der Waals surface area contributed by atoms with Crippen LogP contribution in [-0.2, 0) is 4.79 Å². The second kappa shape index (κ2) is 3.84. The maximum Gasteiger partial charge on any atom is 0.138 e. The summed E-state index contributed by atoms with van der Waals surface area (Å²) >= 11 is 0. The first kappa shape index (κ1) is 14.0. The average Bonchev–Trinajstić information content (AvgIpc) is 2.65. The Bertz CT molecular complexity index is 530. The van der Waals surface area contributed by atoms with Crippen LogP contribution in [0.3, 0.4) is 0 Å². The first-order chi connectivity index (χ1) is 9.72. The number of Topliss-reactive ketones (excluding diaryl/α,β-unsaturated/α-hetero) is 1. The van der Waals surface area contributed by atoms with E-state index >= 15 is 0 Å². The molecule has 0 saturated heterocycles. The van der Waals surface area contributed by atoms with Gasteiger partial charge in [0.1, 0.15) is 5.78 Å². The molecule has 0 N–H and O–H groups in total. The Labute approximate surface area is 129 Å². The van der Waals surface area contributed by atoms with Crippen molar-refractivity contribution in [2.45, 2.75) is 72.6 Å². The van der Waals surface area contributed by atoms with E-state index in [2.05, 4.69) is 39.8 Å². The van der Waals surface area contributed by atoms with Crippen LogP contribution < -0.4 is 0 Å². The number of rotatable bonds is 0. The second-order valence-corrected chi connectivity index (χ2v) is 9.73. The van der Waals surface area contributed by atoms with E-state index in [-0.39, 0.29) is 5.41 Å². The predicted octanol–water partition coefficient (Wildman–Crippen LogP) is 5.15. The smallest absolute Gasteiger partial charge is 0.138 e. The van der Waals surface area contributed by atoms with Gasteiger partial charge in [0.2, 0.25) is 0 Å². The van der Waals surface area contributed by atoms with Gasteiger partial charge in [0.05, 0.1) is 0 Å². The summed E-state index contributed by atoms with van der Waals surface area (Å²) in [6, 6.07) is 0. The van der Waals surface area contributed by atoms with E-state index in [4.69, 9.17) is 0 Å². The predicted molar refractivity (Wildman–Crippen MR) is 85.9 cm³/mol. The lowest BCUT2D eigenvalue weighted by Crippen LogP contribution is -2.58. The molecule has 4 aliphatic rings. The summed E-state index contributed by atoms with van der Waals surface area (Å²) in [6.07, 6.45) is 13.8. The fourth-order valence-corrected chi connectivity index (χ4v) is 7.16. The minimum Gasteiger partial charge on any atom is -0.299 e. The van der Waals surface area contributed by atoms with Crippen molar-refractivity contribution in [1.82, 2.24) is 0 Å². The van der Waals surface area contributed by atoms with Crippen LogP contribution in [0.2, 0.25) is 0 Å². The van der Waals surface area contributed by atoms with E-state index < -0.39 is 0 Å². The second-order valence-electron chi connectivity index (χ2n) is 9.73. The van der Waals surface area contributed by atoms with Crippen molar-refractivity contribution in [2.75, 3.05) is 0 Å². The van der Waals surface area contributed by atoms with Crippen LogP contribution in [-0.4, -0.2) is 5.78 Å². The molecule has 2 bridgehead atoms. The molecule has 0 aromatic carbocycles. The molecule has 0 amide bonds. The summed E-state index contributed by atoms with van der Waals surface area (Å²) < 4.78 is 0. The van der Waals surface area contributed by atoms with Gasteiger partial charge in [-0.1, -0.05) is 39.8 Å². The lowest BCUT2D eigenvalue weighted by Gasteiger charge is -2.63. The Balaban J connectivity index is 1.76. The molecule has 0 aromatic rings. The zero-order chi connectivity index (χ0) is 15.1. The van der Waals surface area contributed by atoms with Crippen molar-refractivity contribution < 1.29 is 4.79 Å². The van der Waals surface area contributed by atoms with Gasteiger partial charge in [-0.15, -0.1) is 0 Å². The summed E-state index contributed by atoms with van der Waals surface area (Å²) in [5.41, 5.74) is 1.22. The summed E-state index contributed by atoms with van der Waals surface area (Å²) in [5, 5.41) is 0. The zero-order valence-electron chi connectivity index (χ0n) is 14.2. The van der Waals surface area contributed by atoms with Crippen molar-refractivity contribution in [3.63, 3.8) is 0 Å². The molecular weight excluding hydrogens is 256 g/mol. The van der Waals surface area contributed by atoms with E-state index in [1.165, 1.54) is 32.1 Å². The van der Waals surface area contributed by atoms with Crippen molar-refractivity contribution in [1.29, 1.82) is 0 Å². The largest absolute Gasteiger partial charge is 0.299 e. The Morgan fingerprint density at radius 2 is 1.67 bits per heavy atom. The molecule has 1 spiro atoms. The highest BCUT2D eigenvalue weighted by Gasteiger charge is 2.64. The van der Waals surface area contributed by atoms with E-state index in [1.54, 1.807) is 0 Å². The number of fused-ring (bicyclic) bond motifs is 3. The molecule has 21 heavy (non-hydrogen) atoms. The molecule has 1 heteroatoms. The SMILES string of the molecule is CC1(C)C(=O)CC[C@]2(C)[C@@H]1CC[C@]13C=C[C@](C)(CC[C@H]12)C3. The van der Waals surface area contributed by atoms with Gasteiger partial charge in [-0.2, -0.15) is 0 Å². The van der Waals surface area contributed by atoms with Gasteiger partial charge in [0.25, 0.3) is 0 Å². The summed E-state index contributed by atoms with van der Waals surface area (Å²) in [5.74, 6) is 1.92. The zero-order valence-corrected chi connectivity index (χ0v) is 14.2. The molecule has 116 valence electrons. The van der Waals surface area contributed by atoms with Crippen LogP contribution in [0.15, 0.2) is 12.2 Å². The number of ketones is 1. The molecule has 0 unspecified atom stereocenters. The molecule has 3 saturated carbocycles. The van der Waals surface area contributed by atoms with Crippen LogP contribution in [0.4, 0.5) is 0 Å². The lowest BCUT2D eigenvalue weighted by molar-refractivity contribution is -0.163. The van der Waals surface area contributed by atoms with Gasteiger partial charge >= 0.3 is 0 Å². The molecule has 0 heterocycles. The highest BCUT2D eigenvalue weighted by molar-refractivity contribution is 5.85. The molecule has 1 nitrogen and oxygen atoms in total. The van der Waals surface area contributed by atoms with Gasteiger partial charge < -0.3 is 0 Å². The van der Waals surface area contributed by atoms with Crippen molar-refractivity contribution >= 4 is 5.78 Å². The first-order valence-electron chi connectivity index (χ1n) is 8.96. The molecule has 3 fully saturated rings. The van der Waals surface area contributed by atoms with E-state index in [0.717, 1.165) is 18.8 Å². The summed E-state index contributed by atoms with van der Waals surface area (Å²) in [6.45, 7) is 9.45. The maximum atomic E-state index is 12.5. The van der Waals surface area contributed by atoms with Gasteiger partial charge in [0, 0.05) is 11.8 Å². The highest BCUT2D eigenvalue weighted by atomic mass is 16.1. The number of allylic oxidation sites excluding steroid dienone is 2. The van der Waals surface area contributed by atoms with Crippen LogP contribution in [0.1, 0.15) is 72.6 Å². The lowest BCUT2D eigenvalue weighted by atomic mass is 9.40. The fourth-order valence-electron chi connectivity index (χ4n) is 7.16. The molecule has 4 rings (SSSR count). The third-order valence-electron chi connectivity index (χ3n) is 8.22. The maximum absolute atomic E-state index is 12.5. The first-order valence-corrected chi connectivity index (χ1v) is 8.96. The third-order valence-corrected chi connectivity index (χ3v) is 8.22. The van der Waals surface area contributed by atoms with Crippen molar-refractivity contribution in [3.05, 3.63) is 12.2 Å². The van der Waals surface area contributed by atoms with Crippen LogP contribution in [0.25, 0.3) is 0 Å². The standard InChI is InChI=1S/C20H30O/c1-17(2)14-6-10-20-12-11-18(3,13-20)8-5-15(20)19(14,4)9-7-16(17)21/h11-12,14-15H,5-10,13H2,1-4H3/t14-,15+,18+,19-,20-/m1/s1. The number of hydrogen-bond acceptors (Lipinski definition) is 1. The highest BCUT2D eigenvalue weighted by Crippen LogP contribution is 2.71. The molecule has 0 aromatic heterocycles. The van der Waals surface area contributed by atoms with E-state index in [9.17, 15) is 4.79 Å². The Morgan fingerprint density at radius 3 is 2.43 bits per heavy atom. The van der Waals surface area contributed by atoms with E-state index in [1.807, 2.05) is 0 Å². The molecule has 0 radical (unpaired) electrons. The average molecular weight is 286 g/mol. The third kappa shape index (κ3) is 1.61. The van der Waals surface area contributed by atoms with Gasteiger partial charge in [-0.3, -0.25) is 4.79 Å². The topological polar surface area (TPSA) is 17.1 Å². The van der Waals surface area contributed by atoms with Gasteiger partial charge in [0.15, 0.2) is 0 Å². The number of hydrogen-bond donors (Lipinski definition) is 0. The molecular formula is C20H30O. The number of carbonyl (C=O) groups is 1. The van der Waals surface area contributed by atoms with Crippen molar-refractivity contribution in [2.24, 2.45) is 33.5 Å². The number of carbonyl (C=O) groups excluding carboxylic acids is 1. The quantitative estimate of drug-likeness (QED) is 0.562. The Morgan fingerprint density at radius 1 is 0.952 bits per heavy atom. The van der Waals surface area contributed by atoms with Crippen LogP contribution in [0, 0.1) is 33.5 Å². The van der Waals surface area contributed by atoms with Gasteiger partial charge in [-0.25, -0.2) is 0 Å². The van der Waals surface area contributed by atoms with E-state index in [0.29, 0.717) is 27.9 Å². The molecule has 5 atom stereocenters. The minimum absolute atomic E-state index is 0.0995. The van der Waals surface area contributed by atoms with Crippen LogP contribution in [0.5, 0.6) is 0 Å². The minimum atomic E-state index is -0.0995. The van der Waals surface area contributed by atoms with Gasteiger partial charge in [-0.05, 0) is 66.6 Å².